The topological polar surface area (TPSA) is 37.3 Å². The first-order chi connectivity index (χ1) is 8.97. The van der Waals surface area contributed by atoms with Gasteiger partial charge < -0.3 is 5.11 Å². The monoisotopic (exact) mass is 376 g/mol. The van der Waals surface area contributed by atoms with Crippen LogP contribution in [0.1, 0.15) is 10.4 Å². The molecular formula is C13H7BrCl2O2S. The summed E-state index contributed by atoms with van der Waals surface area (Å²) in [5.41, 5.74) is 0.218. The predicted octanol–water partition coefficient (Wildman–Crippen LogP) is 5.61. The fourth-order valence-corrected chi connectivity index (χ4v) is 3.24. The number of aromatic carboxylic acids is 1. The predicted molar refractivity (Wildman–Crippen MR) is 81.7 cm³/mol. The Morgan fingerprint density at radius 3 is 2.53 bits per heavy atom. The van der Waals surface area contributed by atoms with Crippen molar-refractivity contribution in [3.8, 4) is 0 Å². The Morgan fingerprint density at radius 1 is 1.11 bits per heavy atom. The third-order valence-electron chi connectivity index (χ3n) is 2.29. The molecule has 0 saturated heterocycles. The summed E-state index contributed by atoms with van der Waals surface area (Å²) in [7, 11) is 0. The van der Waals surface area contributed by atoms with E-state index in [9.17, 15) is 9.90 Å². The zero-order chi connectivity index (χ0) is 14.0. The number of hydrogen-bond donors (Lipinski definition) is 1. The van der Waals surface area contributed by atoms with Crippen LogP contribution in [0.15, 0.2) is 50.7 Å². The van der Waals surface area contributed by atoms with Gasteiger partial charge in [0.1, 0.15) is 0 Å². The first kappa shape index (κ1) is 14.7. The van der Waals surface area contributed by atoms with Crippen LogP contribution in [0.3, 0.4) is 0 Å². The van der Waals surface area contributed by atoms with Crippen molar-refractivity contribution in [1.82, 2.24) is 0 Å². The van der Waals surface area contributed by atoms with E-state index < -0.39 is 5.97 Å². The number of hydrogen-bond acceptors (Lipinski definition) is 2. The third-order valence-corrected chi connectivity index (χ3v) is 4.59. The van der Waals surface area contributed by atoms with Crippen molar-refractivity contribution < 1.29 is 9.90 Å². The lowest BCUT2D eigenvalue weighted by Gasteiger charge is -2.08. The van der Waals surface area contributed by atoms with E-state index in [1.54, 1.807) is 36.4 Å². The average Bonchev–Trinajstić information content (AvgIpc) is 2.35. The molecule has 2 rings (SSSR count). The molecule has 2 aromatic rings. The molecule has 6 heteroatoms. The second kappa shape index (κ2) is 6.18. The first-order valence-corrected chi connectivity index (χ1v) is 7.49. The van der Waals surface area contributed by atoms with E-state index in [-0.39, 0.29) is 5.56 Å². The molecule has 0 aliphatic heterocycles. The molecule has 2 aromatic carbocycles. The number of halogens is 3. The van der Waals surface area contributed by atoms with E-state index in [2.05, 4.69) is 15.9 Å². The van der Waals surface area contributed by atoms with E-state index >= 15 is 0 Å². The largest absolute Gasteiger partial charge is 0.478 e. The quantitative estimate of drug-likeness (QED) is 0.755. The molecule has 0 radical (unpaired) electrons. The molecule has 0 aliphatic rings. The summed E-state index contributed by atoms with van der Waals surface area (Å²) in [4.78, 5) is 12.6. The lowest BCUT2D eigenvalue weighted by molar-refractivity contribution is 0.0693. The zero-order valence-electron chi connectivity index (χ0n) is 9.36. The molecule has 19 heavy (non-hydrogen) atoms. The average molecular weight is 378 g/mol. The van der Waals surface area contributed by atoms with Crippen LogP contribution in [0.4, 0.5) is 0 Å². The Bertz CT molecular complexity index is 647. The second-order valence-corrected chi connectivity index (χ2v) is 6.47. The van der Waals surface area contributed by atoms with Crippen molar-refractivity contribution in [2.75, 3.05) is 0 Å². The zero-order valence-corrected chi connectivity index (χ0v) is 13.3. The van der Waals surface area contributed by atoms with Gasteiger partial charge in [0.15, 0.2) is 0 Å². The fraction of sp³-hybridized carbons (Fsp3) is 0. The lowest BCUT2D eigenvalue weighted by atomic mass is 10.2. The molecule has 1 N–H and O–H groups in total. The fourth-order valence-electron chi connectivity index (χ4n) is 1.43. The van der Waals surface area contributed by atoms with Crippen molar-refractivity contribution in [1.29, 1.82) is 0 Å². The minimum absolute atomic E-state index is 0.218. The maximum Gasteiger partial charge on any atom is 0.336 e. The number of carboxylic acids is 1. The highest BCUT2D eigenvalue weighted by Gasteiger charge is 2.13. The van der Waals surface area contributed by atoms with Crippen molar-refractivity contribution in [3.05, 3.63) is 56.5 Å². The standard InChI is InChI=1S/C13H7BrCl2O2S/c14-7-1-4-11(9(5-7)13(17)18)19-12-6-8(15)2-3-10(12)16/h1-6H,(H,17,18). The number of carbonyl (C=O) groups is 1. The molecule has 0 unspecified atom stereocenters. The van der Waals surface area contributed by atoms with Crippen LogP contribution in [0, 0.1) is 0 Å². The van der Waals surface area contributed by atoms with Gasteiger partial charge >= 0.3 is 5.97 Å². The molecule has 0 bridgehead atoms. The van der Waals surface area contributed by atoms with Crippen molar-refractivity contribution in [2.45, 2.75) is 9.79 Å². The molecule has 0 saturated carbocycles. The van der Waals surface area contributed by atoms with Crippen molar-refractivity contribution in [2.24, 2.45) is 0 Å². The highest BCUT2D eigenvalue weighted by atomic mass is 79.9. The van der Waals surface area contributed by atoms with Gasteiger partial charge in [0, 0.05) is 19.3 Å². The van der Waals surface area contributed by atoms with Gasteiger partial charge in [0.25, 0.3) is 0 Å². The molecular weight excluding hydrogens is 371 g/mol. The van der Waals surface area contributed by atoms with Gasteiger partial charge in [0.2, 0.25) is 0 Å². The minimum Gasteiger partial charge on any atom is -0.478 e. The van der Waals surface area contributed by atoms with E-state index in [0.717, 1.165) is 4.90 Å². The molecule has 98 valence electrons. The Labute approximate surface area is 132 Å². The summed E-state index contributed by atoms with van der Waals surface area (Å²) < 4.78 is 0.714. The van der Waals surface area contributed by atoms with Gasteiger partial charge in [-0.15, -0.1) is 0 Å². The van der Waals surface area contributed by atoms with Gasteiger partial charge in [-0.2, -0.15) is 0 Å². The van der Waals surface area contributed by atoms with Gasteiger partial charge in [-0.1, -0.05) is 50.9 Å². The minimum atomic E-state index is -0.984. The summed E-state index contributed by atoms with van der Waals surface area (Å²) in [6, 6.07) is 10.2. The van der Waals surface area contributed by atoms with E-state index in [1.165, 1.54) is 11.8 Å². The lowest BCUT2D eigenvalue weighted by Crippen LogP contribution is -1.98. The van der Waals surface area contributed by atoms with Crippen LogP contribution in [0.2, 0.25) is 10.0 Å². The summed E-state index contributed by atoms with van der Waals surface area (Å²) in [5.74, 6) is -0.984. The Balaban J connectivity index is 2.43. The van der Waals surface area contributed by atoms with Crippen LogP contribution in [-0.2, 0) is 0 Å². The molecule has 0 aromatic heterocycles. The maximum absolute atomic E-state index is 11.2. The third kappa shape index (κ3) is 3.66. The van der Waals surface area contributed by atoms with Crippen LogP contribution in [0.25, 0.3) is 0 Å². The van der Waals surface area contributed by atoms with Crippen LogP contribution in [0.5, 0.6) is 0 Å². The van der Waals surface area contributed by atoms with E-state index in [0.29, 0.717) is 19.4 Å². The SMILES string of the molecule is O=C(O)c1cc(Br)ccc1Sc1cc(Cl)ccc1Cl. The number of rotatable bonds is 3. The second-order valence-electron chi connectivity index (χ2n) is 3.62. The van der Waals surface area contributed by atoms with Gasteiger partial charge in [-0.05, 0) is 36.4 Å². The smallest absolute Gasteiger partial charge is 0.336 e. The molecule has 0 spiro atoms. The molecule has 0 fully saturated rings. The van der Waals surface area contributed by atoms with Crippen LogP contribution >= 0.6 is 50.9 Å². The van der Waals surface area contributed by atoms with Crippen LogP contribution in [-0.4, -0.2) is 11.1 Å². The molecule has 2 nitrogen and oxygen atoms in total. The van der Waals surface area contributed by atoms with Gasteiger partial charge in [-0.25, -0.2) is 4.79 Å². The molecule has 0 amide bonds. The van der Waals surface area contributed by atoms with Crippen molar-refractivity contribution in [3.63, 3.8) is 0 Å². The van der Waals surface area contributed by atoms with E-state index in [1.807, 2.05) is 0 Å². The first-order valence-electron chi connectivity index (χ1n) is 5.13. The highest BCUT2D eigenvalue weighted by Crippen LogP contribution is 2.37. The normalized spacial score (nSPS) is 10.5. The summed E-state index contributed by atoms with van der Waals surface area (Å²) >= 11 is 16.5. The van der Waals surface area contributed by atoms with Crippen LogP contribution < -0.4 is 0 Å². The van der Waals surface area contributed by atoms with E-state index in [4.69, 9.17) is 23.2 Å². The van der Waals surface area contributed by atoms with Gasteiger partial charge in [-0.3, -0.25) is 0 Å². The highest BCUT2D eigenvalue weighted by molar-refractivity contribution is 9.10. The number of benzene rings is 2. The maximum atomic E-state index is 11.2. The Kier molecular flexibility index (Phi) is 4.79. The summed E-state index contributed by atoms with van der Waals surface area (Å²) in [6.45, 7) is 0. The molecule has 0 heterocycles. The molecule has 0 atom stereocenters. The summed E-state index contributed by atoms with van der Waals surface area (Å²) in [5, 5.41) is 10.3. The Morgan fingerprint density at radius 2 is 1.84 bits per heavy atom. The summed E-state index contributed by atoms with van der Waals surface area (Å²) in [6.07, 6.45) is 0. The Hall–Kier alpha value is -0.680. The molecule has 0 aliphatic carbocycles. The van der Waals surface area contributed by atoms with Crippen molar-refractivity contribution >= 4 is 56.9 Å². The van der Waals surface area contributed by atoms with Gasteiger partial charge in [0.05, 0.1) is 10.6 Å². The number of carboxylic acid groups (broad SMARTS) is 1.